The van der Waals surface area contributed by atoms with Gasteiger partial charge in [-0.1, -0.05) is 38.2 Å². The van der Waals surface area contributed by atoms with Gasteiger partial charge in [0.1, 0.15) is 0 Å². The molecule has 0 nitrogen and oxygen atoms in total. The Morgan fingerprint density at radius 1 is 0.824 bits per heavy atom. The van der Waals surface area contributed by atoms with Crippen LogP contribution >= 0.6 is 0 Å². The van der Waals surface area contributed by atoms with E-state index in [1.54, 1.807) is 22.3 Å². The standard InChI is InChI=1S/C14H18.2ClH.Hf/c1-3-11-7-5-9-13(11)14-10-6-8-12(14)4-2;;;/h5-8H,3-4,9-10H2,1-2H3;2*1H;/q;;;+2/p-2. The van der Waals surface area contributed by atoms with E-state index in [9.17, 15) is 0 Å². The summed E-state index contributed by atoms with van der Waals surface area (Å²) in [5.74, 6) is 0. The maximum atomic E-state index is 2.30. The molecule has 92 valence electrons. The van der Waals surface area contributed by atoms with Crippen molar-refractivity contribution in [3.05, 3.63) is 46.6 Å². The average Bonchev–Trinajstić information content (AvgIpc) is 2.85. The van der Waals surface area contributed by atoms with E-state index in [0.717, 1.165) is 12.8 Å². The van der Waals surface area contributed by atoms with Gasteiger partial charge >= 0.3 is 25.8 Å². The van der Waals surface area contributed by atoms with Crippen LogP contribution in [-0.4, -0.2) is 0 Å². The molecule has 0 aromatic heterocycles. The number of allylic oxidation sites excluding steroid dienone is 8. The zero-order valence-electron chi connectivity index (χ0n) is 10.4. The molecule has 0 aromatic carbocycles. The van der Waals surface area contributed by atoms with E-state index in [-0.39, 0.29) is 50.7 Å². The van der Waals surface area contributed by atoms with Gasteiger partial charge in [-0.3, -0.25) is 0 Å². The fraction of sp³-hybridized carbons (Fsp3) is 0.429. The van der Waals surface area contributed by atoms with Crippen LogP contribution < -0.4 is 24.8 Å². The second kappa shape index (κ2) is 9.35. The molecule has 0 fully saturated rings. The Morgan fingerprint density at radius 3 is 1.47 bits per heavy atom. The Morgan fingerprint density at radius 2 is 1.18 bits per heavy atom. The first-order valence-corrected chi connectivity index (χ1v) is 5.64. The minimum absolute atomic E-state index is 0. The first kappa shape index (κ1) is 19.7. The second-order valence-corrected chi connectivity index (χ2v) is 3.93. The summed E-state index contributed by atoms with van der Waals surface area (Å²) in [5, 5.41) is 0. The van der Waals surface area contributed by atoms with Gasteiger partial charge in [0.15, 0.2) is 0 Å². The van der Waals surface area contributed by atoms with Crippen molar-refractivity contribution in [3.63, 3.8) is 0 Å². The van der Waals surface area contributed by atoms with Gasteiger partial charge in [0.05, 0.1) is 0 Å². The van der Waals surface area contributed by atoms with Crippen molar-refractivity contribution in [2.24, 2.45) is 0 Å². The summed E-state index contributed by atoms with van der Waals surface area (Å²) >= 11 is 0. The van der Waals surface area contributed by atoms with Crippen LogP contribution in [0.4, 0.5) is 0 Å². The van der Waals surface area contributed by atoms with Gasteiger partial charge in [-0.15, -0.1) is 0 Å². The van der Waals surface area contributed by atoms with Crippen LogP contribution in [0.5, 0.6) is 0 Å². The summed E-state index contributed by atoms with van der Waals surface area (Å²) in [6.45, 7) is 4.50. The van der Waals surface area contributed by atoms with Gasteiger partial charge in [-0.2, -0.15) is 0 Å². The van der Waals surface area contributed by atoms with Crippen molar-refractivity contribution in [1.82, 2.24) is 0 Å². The molecule has 0 unspecified atom stereocenters. The van der Waals surface area contributed by atoms with E-state index in [4.69, 9.17) is 0 Å². The van der Waals surface area contributed by atoms with Crippen LogP contribution in [0, 0.1) is 0 Å². The average molecular weight is 436 g/mol. The van der Waals surface area contributed by atoms with E-state index < -0.39 is 0 Å². The molecule has 3 heteroatoms. The fourth-order valence-electron chi connectivity index (χ4n) is 2.40. The molecule has 0 amide bonds. The minimum Gasteiger partial charge on any atom is -1.00 e. The first-order valence-electron chi connectivity index (χ1n) is 5.64. The van der Waals surface area contributed by atoms with Crippen molar-refractivity contribution in [3.8, 4) is 0 Å². The molecular formula is C14H18Cl2Hf. The minimum atomic E-state index is 0. The van der Waals surface area contributed by atoms with Crippen molar-refractivity contribution in [1.29, 1.82) is 0 Å². The smallest absolute Gasteiger partial charge is 1.00 e. The second-order valence-electron chi connectivity index (χ2n) is 3.93. The van der Waals surface area contributed by atoms with Crippen LogP contribution in [-0.2, 0) is 25.8 Å². The van der Waals surface area contributed by atoms with Gasteiger partial charge < -0.3 is 24.8 Å². The van der Waals surface area contributed by atoms with Gasteiger partial charge in [0, 0.05) is 0 Å². The molecule has 0 atom stereocenters. The van der Waals surface area contributed by atoms with Crippen molar-refractivity contribution >= 4 is 0 Å². The third kappa shape index (κ3) is 4.22. The third-order valence-corrected chi connectivity index (χ3v) is 3.18. The topological polar surface area (TPSA) is 0 Å². The predicted octanol–water partition coefficient (Wildman–Crippen LogP) is -1.68. The summed E-state index contributed by atoms with van der Waals surface area (Å²) in [6, 6.07) is 0. The van der Waals surface area contributed by atoms with Gasteiger partial charge in [0.25, 0.3) is 0 Å². The zero-order chi connectivity index (χ0) is 9.97. The molecule has 2 rings (SSSR count). The van der Waals surface area contributed by atoms with Crippen LogP contribution in [0.1, 0.15) is 39.5 Å². The number of halogens is 2. The van der Waals surface area contributed by atoms with Crippen molar-refractivity contribution in [2.45, 2.75) is 39.5 Å². The molecule has 2 aliphatic carbocycles. The molecule has 0 heterocycles. The summed E-state index contributed by atoms with van der Waals surface area (Å²) < 4.78 is 0. The largest absolute Gasteiger partial charge is 2.00 e. The molecule has 0 aliphatic heterocycles. The Labute approximate surface area is 136 Å². The molecule has 0 bridgehead atoms. The summed E-state index contributed by atoms with van der Waals surface area (Å²) in [4.78, 5) is 0. The van der Waals surface area contributed by atoms with Crippen LogP contribution in [0.2, 0.25) is 0 Å². The first-order chi connectivity index (χ1) is 6.86. The quantitative estimate of drug-likeness (QED) is 0.465. The van der Waals surface area contributed by atoms with Crippen LogP contribution in [0.25, 0.3) is 0 Å². The van der Waals surface area contributed by atoms with E-state index in [1.807, 2.05) is 0 Å². The van der Waals surface area contributed by atoms with E-state index in [0.29, 0.717) is 0 Å². The monoisotopic (exact) mass is 436 g/mol. The Balaban J connectivity index is 0. The number of hydrogen-bond acceptors (Lipinski definition) is 0. The van der Waals surface area contributed by atoms with Crippen molar-refractivity contribution < 1.29 is 50.7 Å². The van der Waals surface area contributed by atoms with Gasteiger partial charge in [0.2, 0.25) is 0 Å². The van der Waals surface area contributed by atoms with Crippen LogP contribution in [0.3, 0.4) is 0 Å². The molecule has 0 saturated heterocycles. The molecule has 0 spiro atoms. The van der Waals surface area contributed by atoms with Crippen LogP contribution in [0.15, 0.2) is 46.6 Å². The SMILES string of the molecule is CCC1=C(C2=C(CC)C=CC2)CC=C1.[Cl-].[Cl-].[Hf+2]. The molecule has 0 saturated carbocycles. The maximum absolute atomic E-state index is 2.30. The third-order valence-electron chi connectivity index (χ3n) is 3.18. The molecule has 0 radical (unpaired) electrons. The molecule has 2 aliphatic rings. The Bertz CT molecular complexity index is 326. The van der Waals surface area contributed by atoms with Crippen molar-refractivity contribution in [2.75, 3.05) is 0 Å². The van der Waals surface area contributed by atoms with Gasteiger partial charge in [-0.05, 0) is 48.0 Å². The summed E-state index contributed by atoms with van der Waals surface area (Å²) in [7, 11) is 0. The zero-order valence-corrected chi connectivity index (χ0v) is 15.5. The van der Waals surface area contributed by atoms with Gasteiger partial charge in [-0.25, -0.2) is 0 Å². The Hall–Kier alpha value is 0.410. The fourth-order valence-corrected chi connectivity index (χ4v) is 2.40. The number of rotatable bonds is 3. The molecule has 0 N–H and O–H groups in total. The molecule has 17 heavy (non-hydrogen) atoms. The van der Waals surface area contributed by atoms with E-state index in [1.165, 1.54) is 12.8 Å². The molecular weight excluding hydrogens is 418 g/mol. The van der Waals surface area contributed by atoms with E-state index >= 15 is 0 Å². The predicted molar refractivity (Wildman–Crippen MR) is 62.1 cm³/mol. The normalized spacial score (nSPS) is 16.8. The van der Waals surface area contributed by atoms with E-state index in [2.05, 4.69) is 38.2 Å². The maximum Gasteiger partial charge on any atom is 2.00 e. The summed E-state index contributed by atoms with van der Waals surface area (Å²) in [5.41, 5.74) is 6.31. The Kier molecular flexibility index (Phi) is 10.9. The number of hydrogen-bond donors (Lipinski definition) is 0. The summed E-state index contributed by atoms with van der Waals surface area (Å²) in [6.07, 6.45) is 13.9. The molecule has 0 aromatic rings.